The first-order chi connectivity index (χ1) is 9.24. The van der Waals surface area contributed by atoms with Crippen molar-refractivity contribution in [1.29, 1.82) is 0 Å². The molecular formula is C15H20N2O2. The van der Waals surface area contributed by atoms with Gasteiger partial charge in [-0.25, -0.2) is 0 Å². The maximum atomic E-state index is 12.4. The molecule has 2 aliphatic rings. The molecule has 1 aromatic carbocycles. The Balaban J connectivity index is 1.75. The maximum absolute atomic E-state index is 12.4. The highest BCUT2D eigenvalue weighted by molar-refractivity contribution is 5.96. The summed E-state index contributed by atoms with van der Waals surface area (Å²) in [5, 5.41) is 3.12. The average Bonchev–Trinajstić information content (AvgIpc) is 3.24. The molecule has 0 aromatic heterocycles. The Bertz CT molecular complexity index is 477. The molecule has 1 aliphatic heterocycles. The fraction of sp³-hybridized carbons (Fsp3) is 0.533. The van der Waals surface area contributed by atoms with Crippen molar-refractivity contribution in [3.05, 3.63) is 29.3 Å². The molecule has 2 fully saturated rings. The Morgan fingerprint density at radius 3 is 2.63 bits per heavy atom. The van der Waals surface area contributed by atoms with Crippen LogP contribution in [0.15, 0.2) is 18.2 Å². The van der Waals surface area contributed by atoms with Gasteiger partial charge in [-0.2, -0.15) is 0 Å². The normalized spacial score (nSPS) is 20.2. The summed E-state index contributed by atoms with van der Waals surface area (Å²) in [4.78, 5) is 12.4. The van der Waals surface area contributed by atoms with Gasteiger partial charge in [-0.3, -0.25) is 4.79 Å². The second-order valence-electron chi connectivity index (χ2n) is 5.48. The van der Waals surface area contributed by atoms with E-state index in [-0.39, 0.29) is 11.9 Å². The molecule has 0 atom stereocenters. The van der Waals surface area contributed by atoms with E-state index in [0.29, 0.717) is 5.92 Å². The monoisotopic (exact) mass is 260 g/mol. The molecule has 4 heteroatoms. The van der Waals surface area contributed by atoms with Gasteiger partial charge in [0, 0.05) is 30.5 Å². The number of carbonyl (C=O) groups is 1. The molecule has 4 nitrogen and oxygen atoms in total. The predicted molar refractivity (Wildman–Crippen MR) is 74.1 cm³/mol. The fourth-order valence-electron chi connectivity index (χ4n) is 2.63. The van der Waals surface area contributed by atoms with Crippen LogP contribution in [-0.4, -0.2) is 25.2 Å². The third-order valence-electron chi connectivity index (χ3n) is 3.89. The van der Waals surface area contributed by atoms with Gasteiger partial charge < -0.3 is 15.8 Å². The van der Waals surface area contributed by atoms with Crippen molar-refractivity contribution in [2.45, 2.75) is 37.6 Å². The highest BCUT2D eigenvalue weighted by Gasteiger charge is 2.29. The van der Waals surface area contributed by atoms with E-state index in [1.54, 1.807) is 0 Å². The van der Waals surface area contributed by atoms with Gasteiger partial charge in [0.2, 0.25) is 0 Å². The molecule has 0 unspecified atom stereocenters. The molecule has 0 bridgehead atoms. The molecule has 19 heavy (non-hydrogen) atoms. The molecule has 3 N–H and O–H groups in total. The van der Waals surface area contributed by atoms with Gasteiger partial charge in [-0.15, -0.1) is 0 Å². The molecule has 0 radical (unpaired) electrons. The number of hydrogen-bond acceptors (Lipinski definition) is 3. The Morgan fingerprint density at radius 2 is 1.95 bits per heavy atom. The van der Waals surface area contributed by atoms with E-state index in [4.69, 9.17) is 10.5 Å². The number of anilines is 1. The van der Waals surface area contributed by atoms with Crippen LogP contribution >= 0.6 is 0 Å². The SMILES string of the molecule is Nc1ccc(C(=O)NC2CCOCC2)c(C2CC2)c1. The van der Waals surface area contributed by atoms with Crippen LogP contribution in [0.4, 0.5) is 5.69 Å². The standard InChI is InChI=1S/C15H20N2O2/c16-11-3-4-13(14(9-11)10-1-2-10)15(18)17-12-5-7-19-8-6-12/h3-4,9-10,12H,1-2,5-8,16H2,(H,17,18). The summed E-state index contributed by atoms with van der Waals surface area (Å²) in [5.74, 6) is 0.563. The molecular weight excluding hydrogens is 240 g/mol. The van der Waals surface area contributed by atoms with Crippen molar-refractivity contribution in [3.63, 3.8) is 0 Å². The van der Waals surface area contributed by atoms with Gasteiger partial charge in [-0.05, 0) is 55.4 Å². The quantitative estimate of drug-likeness (QED) is 0.818. The summed E-state index contributed by atoms with van der Waals surface area (Å²) in [6, 6.07) is 5.87. The minimum absolute atomic E-state index is 0.0359. The largest absolute Gasteiger partial charge is 0.399 e. The van der Waals surface area contributed by atoms with Crippen LogP contribution in [0.25, 0.3) is 0 Å². The second kappa shape index (κ2) is 5.21. The summed E-state index contributed by atoms with van der Waals surface area (Å²) in [5.41, 5.74) is 8.48. The van der Waals surface area contributed by atoms with Crippen LogP contribution in [0.2, 0.25) is 0 Å². The van der Waals surface area contributed by atoms with Gasteiger partial charge in [-0.1, -0.05) is 0 Å². The molecule has 1 heterocycles. The van der Waals surface area contributed by atoms with E-state index in [1.165, 1.54) is 12.8 Å². The number of carbonyl (C=O) groups excluding carboxylic acids is 1. The molecule has 1 saturated heterocycles. The summed E-state index contributed by atoms with van der Waals surface area (Å²) < 4.78 is 5.31. The van der Waals surface area contributed by atoms with E-state index in [1.807, 2.05) is 18.2 Å². The molecule has 0 spiro atoms. The van der Waals surface area contributed by atoms with E-state index in [2.05, 4.69) is 5.32 Å². The minimum atomic E-state index is 0.0359. The van der Waals surface area contributed by atoms with Gasteiger partial charge in [0.15, 0.2) is 0 Å². The number of nitrogens with one attached hydrogen (secondary N) is 1. The number of nitrogens with two attached hydrogens (primary N) is 1. The maximum Gasteiger partial charge on any atom is 0.251 e. The van der Waals surface area contributed by atoms with Crippen LogP contribution in [0.3, 0.4) is 0 Å². The zero-order valence-corrected chi connectivity index (χ0v) is 11.0. The topological polar surface area (TPSA) is 64.4 Å². The number of nitrogen functional groups attached to an aromatic ring is 1. The molecule has 102 valence electrons. The highest BCUT2D eigenvalue weighted by Crippen LogP contribution is 2.42. The number of rotatable bonds is 3. The number of benzene rings is 1. The zero-order chi connectivity index (χ0) is 13.2. The van der Waals surface area contributed by atoms with Crippen molar-refractivity contribution < 1.29 is 9.53 Å². The Kier molecular flexibility index (Phi) is 3.42. The summed E-state index contributed by atoms with van der Waals surface area (Å²) in [6.07, 6.45) is 4.14. The van der Waals surface area contributed by atoms with E-state index >= 15 is 0 Å². The second-order valence-corrected chi connectivity index (χ2v) is 5.48. The zero-order valence-electron chi connectivity index (χ0n) is 11.0. The fourth-order valence-corrected chi connectivity index (χ4v) is 2.63. The first-order valence-electron chi connectivity index (χ1n) is 7.02. The smallest absolute Gasteiger partial charge is 0.251 e. The molecule has 1 aliphatic carbocycles. The van der Waals surface area contributed by atoms with Gasteiger partial charge in [0.1, 0.15) is 0 Å². The third kappa shape index (κ3) is 2.89. The van der Waals surface area contributed by atoms with E-state index < -0.39 is 0 Å². The van der Waals surface area contributed by atoms with Gasteiger partial charge in [0.05, 0.1) is 0 Å². The summed E-state index contributed by atoms with van der Waals surface area (Å²) in [7, 11) is 0. The lowest BCUT2D eigenvalue weighted by Gasteiger charge is -2.23. The number of ether oxygens (including phenoxy) is 1. The Labute approximate surface area is 113 Å². The van der Waals surface area contributed by atoms with E-state index in [0.717, 1.165) is 42.9 Å². The van der Waals surface area contributed by atoms with Crippen LogP contribution in [0, 0.1) is 0 Å². The van der Waals surface area contributed by atoms with Crippen LogP contribution in [0.1, 0.15) is 47.5 Å². The predicted octanol–water partition coefficient (Wildman–Crippen LogP) is 2.06. The molecule has 1 saturated carbocycles. The van der Waals surface area contributed by atoms with E-state index in [9.17, 15) is 4.79 Å². The lowest BCUT2D eigenvalue weighted by Crippen LogP contribution is -2.39. The van der Waals surface area contributed by atoms with Crippen LogP contribution in [-0.2, 0) is 4.74 Å². The van der Waals surface area contributed by atoms with Gasteiger partial charge >= 0.3 is 0 Å². The minimum Gasteiger partial charge on any atom is -0.399 e. The van der Waals surface area contributed by atoms with Crippen LogP contribution in [0.5, 0.6) is 0 Å². The lowest BCUT2D eigenvalue weighted by molar-refractivity contribution is 0.0696. The van der Waals surface area contributed by atoms with Crippen molar-refractivity contribution in [3.8, 4) is 0 Å². The molecule has 3 rings (SSSR count). The third-order valence-corrected chi connectivity index (χ3v) is 3.89. The van der Waals surface area contributed by atoms with Crippen molar-refractivity contribution in [2.75, 3.05) is 18.9 Å². The number of amides is 1. The summed E-state index contributed by atoms with van der Waals surface area (Å²) >= 11 is 0. The molecule has 1 amide bonds. The Morgan fingerprint density at radius 1 is 1.21 bits per heavy atom. The van der Waals surface area contributed by atoms with Crippen LogP contribution < -0.4 is 11.1 Å². The highest BCUT2D eigenvalue weighted by atomic mass is 16.5. The lowest BCUT2D eigenvalue weighted by atomic mass is 10.0. The summed E-state index contributed by atoms with van der Waals surface area (Å²) in [6.45, 7) is 1.48. The average molecular weight is 260 g/mol. The van der Waals surface area contributed by atoms with Crippen molar-refractivity contribution in [2.24, 2.45) is 0 Å². The molecule has 1 aromatic rings. The van der Waals surface area contributed by atoms with Crippen molar-refractivity contribution >= 4 is 11.6 Å². The first kappa shape index (κ1) is 12.5. The van der Waals surface area contributed by atoms with Gasteiger partial charge in [0.25, 0.3) is 5.91 Å². The number of hydrogen-bond donors (Lipinski definition) is 2. The first-order valence-corrected chi connectivity index (χ1v) is 7.02. The Hall–Kier alpha value is -1.55. The van der Waals surface area contributed by atoms with Crippen molar-refractivity contribution in [1.82, 2.24) is 5.32 Å².